The van der Waals surface area contributed by atoms with Crippen molar-refractivity contribution in [3.63, 3.8) is 0 Å². The number of nitrogens with zero attached hydrogens (tertiary/aromatic N) is 1. The summed E-state index contributed by atoms with van der Waals surface area (Å²) in [5.74, 6) is -1.09. The molecule has 5 nitrogen and oxygen atoms in total. The van der Waals surface area contributed by atoms with Crippen LogP contribution in [0.15, 0.2) is 18.2 Å². The summed E-state index contributed by atoms with van der Waals surface area (Å²) in [5.41, 5.74) is 0.0572. The second kappa shape index (κ2) is 5.70. The van der Waals surface area contributed by atoms with E-state index in [9.17, 15) is 9.18 Å². The van der Waals surface area contributed by atoms with E-state index in [1.54, 1.807) is 0 Å². The van der Waals surface area contributed by atoms with E-state index in [1.807, 2.05) is 0 Å². The average molecular weight is 240 g/mol. The topological polar surface area (TPSA) is 60.5 Å². The molecule has 0 aliphatic carbocycles. The first-order chi connectivity index (χ1) is 8.25. The standard InChI is InChI=1S/C11H13FN2O3/c12-10-3-1-2-9(14-10)11(15)13-6-8-7-16-4-5-17-8/h1-3,8H,4-7H2,(H,13,15). The highest BCUT2D eigenvalue weighted by Gasteiger charge is 2.16. The molecule has 1 saturated heterocycles. The SMILES string of the molecule is O=C(NCC1COCCO1)c1cccc(F)n1. The molecule has 1 fully saturated rings. The smallest absolute Gasteiger partial charge is 0.270 e. The number of hydrogen-bond donors (Lipinski definition) is 1. The van der Waals surface area contributed by atoms with Gasteiger partial charge in [0.05, 0.1) is 25.9 Å². The third-order valence-electron chi connectivity index (χ3n) is 2.32. The number of nitrogens with one attached hydrogen (secondary N) is 1. The van der Waals surface area contributed by atoms with E-state index < -0.39 is 11.9 Å². The number of pyridine rings is 1. The Morgan fingerprint density at radius 1 is 1.53 bits per heavy atom. The normalized spacial score (nSPS) is 19.9. The lowest BCUT2D eigenvalue weighted by atomic mass is 10.3. The van der Waals surface area contributed by atoms with Gasteiger partial charge in [0.2, 0.25) is 5.95 Å². The first-order valence-corrected chi connectivity index (χ1v) is 5.36. The third kappa shape index (κ3) is 3.47. The Bertz CT molecular complexity index is 394. The Morgan fingerprint density at radius 3 is 3.12 bits per heavy atom. The molecule has 2 heterocycles. The number of carbonyl (C=O) groups is 1. The average Bonchev–Trinajstić information content (AvgIpc) is 2.37. The van der Waals surface area contributed by atoms with Gasteiger partial charge in [-0.2, -0.15) is 4.39 Å². The molecule has 17 heavy (non-hydrogen) atoms. The zero-order valence-electron chi connectivity index (χ0n) is 9.19. The van der Waals surface area contributed by atoms with Gasteiger partial charge in [-0.3, -0.25) is 4.79 Å². The maximum Gasteiger partial charge on any atom is 0.270 e. The lowest BCUT2D eigenvalue weighted by Crippen LogP contribution is -2.39. The van der Waals surface area contributed by atoms with Gasteiger partial charge >= 0.3 is 0 Å². The van der Waals surface area contributed by atoms with Crippen LogP contribution in [0.2, 0.25) is 0 Å². The summed E-state index contributed by atoms with van der Waals surface area (Å²) in [7, 11) is 0. The summed E-state index contributed by atoms with van der Waals surface area (Å²) in [5, 5.41) is 2.62. The van der Waals surface area contributed by atoms with Crippen molar-refractivity contribution in [2.75, 3.05) is 26.4 Å². The van der Waals surface area contributed by atoms with Gasteiger partial charge in [-0.25, -0.2) is 4.98 Å². The summed E-state index contributed by atoms with van der Waals surface area (Å²) in [6.45, 7) is 1.89. The zero-order chi connectivity index (χ0) is 12.1. The van der Waals surface area contributed by atoms with Crippen LogP contribution in [-0.2, 0) is 9.47 Å². The highest BCUT2D eigenvalue weighted by molar-refractivity contribution is 5.92. The van der Waals surface area contributed by atoms with Crippen molar-refractivity contribution in [2.45, 2.75) is 6.10 Å². The number of halogens is 1. The molecule has 1 aromatic heterocycles. The molecular weight excluding hydrogens is 227 g/mol. The summed E-state index contributed by atoms with van der Waals surface area (Å²) >= 11 is 0. The van der Waals surface area contributed by atoms with E-state index >= 15 is 0 Å². The number of rotatable bonds is 3. The molecule has 1 aliphatic heterocycles. The predicted octanol–water partition coefficient (Wildman–Crippen LogP) is 0.366. The van der Waals surface area contributed by atoms with Gasteiger partial charge in [0, 0.05) is 6.54 Å². The summed E-state index contributed by atoms with van der Waals surface area (Å²) in [6.07, 6.45) is -0.152. The molecule has 92 valence electrons. The molecule has 1 N–H and O–H groups in total. The summed E-state index contributed by atoms with van der Waals surface area (Å²) < 4.78 is 23.3. The molecule has 1 amide bonds. The Hall–Kier alpha value is -1.53. The maximum absolute atomic E-state index is 12.8. The van der Waals surface area contributed by atoms with Crippen molar-refractivity contribution in [1.82, 2.24) is 10.3 Å². The van der Waals surface area contributed by atoms with E-state index in [2.05, 4.69) is 10.3 Å². The molecule has 0 radical (unpaired) electrons. The molecule has 6 heteroatoms. The molecule has 2 rings (SSSR count). The molecule has 0 saturated carbocycles. The minimum absolute atomic E-state index is 0.0572. The molecule has 1 aromatic rings. The molecule has 0 spiro atoms. The van der Waals surface area contributed by atoms with Gasteiger partial charge in [0.15, 0.2) is 0 Å². The second-order valence-corrected chi connectivity index (χ2v) is 3.62. The van der Waals surface area contributed by atoms with E-state index in [0.717, 1.165) is 0 Å². The van der Waals surface area contributed by atoms with Crippen LogP contribution in [0.5, 0.6) is 0 Å². The largest absolute Gasteiger partial charge is 0.376 e. The molecule has 0 bridgehead atoms. The van der Waals surface area contributed by atoms with Crippen LogP contribution < -0.4 is 5.32 Å². The molecule has 0 aromatic carbocycles. The van der Waals surface area contributed by atoms with Crippen LogP contribution in [0.3, 0.4) is 0 Å². The minimum Gasteiger partial charge on any atom is -0.376 e. The van der Waals surface area contributed by atoms with Crippen molar-refractivity contribution in [1.29, 1.82) is 0 Å². The van der Waals surface area contributed by atoms with Crippen molar-refractivity contribution >= 4 is 5.91 Å². The van der Waals surface area contributed by atoms with E-state index in [0.29, 0.717) is 26.4 Å². The molecular formula is C11H13FN2O3. The van der Waals surface area contributed by atoms with E-state index in [-0.39, 0.29) is 11.8 Å². The first kappa shape index (κ1) is 11.9. The lowest BCUT2D eigenvalue weighted by Gasteiger charge is -2.22. The highest BCUT2D eigenvalue weighted by Crippen LogP contribution is 2.01. The van der Waals surface area contributed by atoms with Crippen LogP contribution in [0, 0.1) is 5.95 Å². The third-order valence-corrected chi connectivity index (χ3v) is 2.32. The highest BCUT2D eigenvalue weighted by atomic mass is 19.1. The number of hydrogen-bond acceptors (Lipinski definition) is 4. The minimum atomic E-state index is -0.671. The monoisotopic (exact) mass is 240 g/mol. The maximum atomic E-state index is 12.8. The van der Waals surface area contributed by atoms with Crippen LogP contribution in [-0.4, -0.2) is 43.4 Å². The van der Waals surface area contributed by atoms with Crippen molar-refractivity contribution in [3.05, 3.63) is 29.8 Å². The number of ether oxygens (including phenoxy) is 2. The number of aromatic nitrogens is 1. The van der Waals surface area contributed by atoms with Crippen molar-refractivity contribution < 1.29 is 18.7 Å². The van der Waals surface area contributed by atoms with Crippen LogP contribution in [0.25, 0.3) is 0 Å². The molecule has 1 aliphatic rings. The molecule has 1 unspecified atom stereocenters. The quantitative estimate of drug-likeness (QED) is 0.775. The van der Waals surface area contributed by atoms with Crippen molar-refractivity contribution in [3.8, 4) is 0 Å². The lowest BCUT2D eigenvalue weighted by molar-refractivity contribution is -0.0855. The summed E-state index contributed by atoms with van der Waals surface area (Å²) in [6, 6.07) is 4.09. The Balaban J connectivity index is 1.84. The second-order valence-electron chi connectivity index (χ2n) is 3.62. The zero-order valence-corrected chi connectivity index (χ0v) is 9.19. The van der Waals surface area contributed by atoms with Gasteiger partial charge in [-0.1, -0.05) is 6.07 Å². The van der Waals surface area contributed by atoms with Crippen LogP contribution in [0.4, 0.5) is 4.39 Å². The first-order valence-electron chi connectivity index (χ1n) is 5.36. The fourth-order valence-corrected chi connectivity index (χ4v) is 1.49. The van der Waals surface area contributed by atoms with Gasteiger partial charge in [0.25, 0.3) is 5.91 Å². The molecule has 1 atom stereocenters. The van der Waals surface area contributed by atoms with Crippen LogP contribution in [0.1, 0.15) is 10.5 Å². The van der Waals surface area contributed by atoms with Gasteiger partial charge in [-0.15, -0.1) is 0 Å². The van der Waals surface area contributed by atoms with E-state index in [4.69, 9.17) is 9.47 Å². The fraction of sp³-hybridized carbons (Fsp3) is 0.455. The van der Waals surface area contributed by atoms with E-state index in [1.165, 1.54) is 18.2 Å². The van der Waals surface area contributed by atoms with Gasteiger partial charge in [0.1, 0.15) is 5.69 Å². The van der Waals surface area contributed by atoms with Crippen molar-refractivity contribution in [2.24, 2.45) is 0 Å². The Morgan fingerprint density at radius 2 is 2.41 bits per heavy atom. The Labute approximate surface area is 97.9 Å². The number of amides is 1. The van der Waals surface area contributed by atoms with Gasteiger partial charge in [-0.05, 0) is 12.1 Å². The number of carbonyl (C=O) groups excluding carboxylic acids is 1. The van der Waals surface area contributed by atoms with Gasteiger partial charge < -0.3 is 14.8 Å². The Kier molecular flexibility index (Phi) is 4.00. The predicted molar refractivity (Wildman–Crippen MR) is 57.1 cm³/mol. The summed E-state index contributed by atoms with van der Waals surface area (Å²) in [4.78, 5) is 15.1. The van der Waals surface area contributed by atoms with Crippen LogP contribution >= 0.6 is 0 Å². The fourth-order valence-electron chi connectivity index (χ4n) is 1.49.